The summed E-state index contributed by atoms with van der Waals surface area (Å²) in [6, 6.07) is 8.67. The summed E-state index contributed by atoms with van der Waals surface area (Å²) in [4.78, 5) is 37.2. The number of amides is 1. The summed E-state index contributed by atoms with van der Waals surface area (Å²) >= 11 is 0. The summed E-state index contributed by atoms with van der Waals surface area (Å²) in [6.45, 7) is 3.09. The third-order valence-electron chi connectivity index (χ3n) is 5.42. The molecule has 170 valence electrons. The van der Waals surface area contributed by atoms with E-state index in [0.29, 0.717) is 16.8 Å². The van der Waals surface area contributed by atoms with Crippen LogP contribution in [0.3, 0.4) is 0 Å². The molecular formula is C22H26N4O6. The van der Waals surface area contributed by atoms with Gasteiger partial charge in [0, 0.05) is 24.2 Å². The van der Waals surface area contributed by atoms with E-state index in [1.165, 1.54) is 4.90 Å². The maximum atomic E-state index is 13.0. The van der Waals surface area contributed by atoms with Crippen LogP contribution in [0.15, 0.2) is 41.3 Å². The third kappa shape index (κ3) is 4.24. The van der Waals surface area contributed by atoms with Gasteiger partial charge in [-0.15, -0.1) is 0 Å². The Kier molecular flexibility index (Phi) is 6.26. The Morgan fingerprint density at radius 1 is 1.34 bits per heavy atom. The monoisotopic (exact) mass is 442 g/mol. The molecule has 1 aliphatic heterocycles. The van der Waals surface area contributed by atoms with Gasteiger partial charge in [0.15, 0.2) is 6.61 Å². The first kappa shape index (κ1) is 22.0. The lowest BCUT2D eigenvalue weighted by atomic mass is 10.1. The van der Waals surface area contributed by atoms with Gasteiger partial charge in [-0.05, 0) is 26.0 Å². The first-order valence-corrected chi connectivity index (χ1v) is 10.4. The fourth-order valence-corrected chi connectivity index (χ4v) is 3.86. The molecule has 0 spiro atoms. The maximum absolute atomic E-state index is 13.0. The number of hydrogen-bond donors (Lipinski definition) is 4. The molecule has 3 atom stereocenters. The number of aliphatic hydroxyl groups excluding tert-OH is 2. The number of para-hydroxylation sites is 1. The van der Waals surface area contributed by atoms with Crippen molar-refractivity contribution in [3.05, 3.63) is 52.4 Å². The van der Waals surface area contributed by atoms with Crippen LogP contribution in [0, 0.1) is 0 Å². The van der Waals surface area contributed by atoms with Crippen molar-refractivity contribution in [2.45, 2.75) is 44.6 Å². The highest BCUT2D eigenvalue weighted by Gasteiger charge is 2.36. The molecule has 1 fully saturated rings. The van der Waals surface area contributed by atoms with Gasteiger partial charge in [0.2, 0.25) is 5.95 Å². The standard InChI is InChI=1S/C22H26N4O6/c1-12(2)26(18(29)11-31-13-6-4-3-5-7-13)22-24-19-14(9-23-20(19)21(30)25-22)16-8-15(28)17(10-27)32-16/h3-7,9,12,15-17,23,27-28H,8,10-11H2,1-2H3,(H,24,25,30)/t15-,16+,17+/m0/s1. The summed E-state index contributed by atoms with van der Waals surface area (Å²) in [7, 11) is 0. The molecule has 3 heterocycles. The Morgan fingerprint density at radius 2 is 2.09 bits per heavy atom. The number of aliphatic hydroxyl groups is 2. The highest BCUT2D eigenvalue weighted by atomic mass is 16.5. The molecule has 32 heavy (non-hydrogen) atoms. The largest absolute Gasteiger partial charge is 0.484 e. The van der Waals surface area contributed by atoms with Crippen molar-refractivity contribution in [2.75, 3.05) is 18.1 Å². The molecule has 4 N–H and O–H groups in total. The van der Waals surface area contributed by atoms with E-state index in [0.717, 1.165) is 0 Å². The zero-order chi connectivity index (χ0) is 22.8. The number of ether oxygens (including phenoxy) is 2. The topological polar surface area (TPSA) is 141 Å². The van der Waals surface area contributed by atoms with Gasteiger partial charge in [-0.3, -0.25) is 19.5 Å². The second kappa shape index (κ2) is 9.11. The van der Waals surface area contributed by atoms with Gasteiger partial charge >= 0.3 is 0 Å². The third-order valence-corrected chi connectivity index (χ3v) is 5.42. The molecule has 10 heteroatoms. The summed E-state index contributed by atoms with van der Waals surface area (Å²) in [6.07, 6.45) is -0.189. The quantitative estimate of drug-likeness (QED) is 0.432. The molecule has 0 bridgehead atoms. The Hall–Kier alpha value is -3.21. The minimum atomic E-state index is -0.819. The van der Waals surface area contributed by atoms with Gasteiger partial charge in [0.1, 0.15) is 22.9 Å². The number of H-pyrrole nitrogens is 2. The number of carbonyl (C=O) groups is 1. The Morgan fingerprint density at radius 3 is 2.75 bits per heavy atom. The van der Waals surface area contributed by atoms with E-state index in [4.69, 9.17) is 9.47 Å². The van der Waals surface area contributed by atoms with E-state index in [1.54, 1.807) is 18.3 Å². The van der Waals surface area contributed by atoms with E-state index >= 15 is 0 Å². The lowest BCUT2D eigenvalue weighted by Crippen LogP contribution is -2.42. The first-order valence-electron chi connectivity index (χ1n) is 10.4. The summed E-state index contributed by atoms with van der Waals surface area (Å²) in [5, 5.41) is 19.4. The van der Waals surface area contributed by atoms with Gasteiger partial charge in [-0.25, -0.2) is 4.98 Å². The van der Waals surface area contributed by atoms with Crippen LogP contribution in [0.2, 0.25) is 0 Å². The van der Waals surface area contributed by atoms with Crippen molar-refractivity contribution in [3.8, 4) is 5.75 Å². The maximum Gasteiger partial charge on any atom is 0.276 e. The minimum Gasteiger partial charge on any atom is -0.484 e. The van der Waals surface area contributed by atoms with E-state index in [9.17, 15) is 19.8 Å². The smallest absolute Gasteiger partial charge is 0.276 e. The molecule has 0 aliphatic carbocycles. The minimum absolute atomic E-state index is 0.0947. The molecule has 4 rings (SSSR count). The van der Waals surface area contributed by atoms with Crippen molar-refractivity contribution in [2.24, 2.45) is 0 Å². The summed E-state index contributed by atoms with van der Waals surface area (Å²) in [5.74, 6) is 0.290. The average molecular weight is 442 g/mol. The van der Waals surface area contributed by atoms with Crippen LogP contribution in [0.5, 0.6) is 5.75 Å². The predicted molar refractivity (Wildman–Crippen MR) is 117 cm³/mol. The predicted octanol–water partition coefficient (Wildman–Crippen LogP) is 1.25. The first-order chi connectivity index (χ1) is 15.4. The van der Waals surface area contributed by atoms with Crippen molar-refractivity contribution in [1.82, 2.24) is 15.0 Å². The lowest BCUT2D eigenvalue weighted by molar-refractivity contribution is -0.121. The average Bonchev–Trinajstić information content (AvgIpc) is 3.36. The summed E-state index contributed by atoms with van der Waals surface area (Å²) < 4.78 is 11.3. The van der Waals surface area contributed by atoms with Gasteiger partial charge in [-0.2, -0.15) is 0 Å². The van der Waals surface area contributed by atoms with Crippen molar-refractivity contribution in [3.63, 3.8) is 0 Å². The van der Waals surface area contributed by atoms with E-state index in [1.807, 2.05) is 32.0 Å². The van der Waals surface area contributed by atoms with Crippen molar-refractivity contribution < 1.29 is 24.5 Å². The zero-order valence-electron chi connectivity index (χ0n) is 17.8. The van der Waals surface area contributed by atoms with Crippen LogP contribution < -0.4 is 15.2 Å². The fraction of sp³-hybridized carbons (Fsp3) is 0.409. The second-order valence-electron chi connectivity index (χ2n) is 7.97. The number of rotatable bonds is 7. The molecule has 1 amide bonds. The van der Waals surface area contributed by atoms with Crippen LogP contribution >= 0.6 is 0 Å². The zero-order valence-corrected chi connectivity index (χ0v) is 17.8. The number of aromatic nitrogens is 3. The molecule has 0 unspecified atom stereocenters. The molecule has 2 aromatic heterocycles. The molecule has 1 aromatic carbocycles. The second-order valence-corrected chi connectivity index (χ2v) is 7.97. The summed E-state index contributed by atoms with van der Waals surface area (Å²) in [5.41, 5.74) is 0.739. The molecular weight excluding hydrogens is 416 g/mol. The number of nitrogens with zero attached hydrogens (tertiary/aromatic N) is 2. The normalized spacial score (nSPS) is 20.7. The SMILES string of the molecule is CC(C)N(C(=O)COc1ccccc1)c1nc2c([C@H]3C[C@H](O)[C@@H](CO)O3)c[nH]c2c(=O)[nH]1. The van der Waals surface area contributed by atoms with Gasteiger partial charge in [0.05, 0.1) is 18.8 Å². The van der Waals surface area contributed by atoms with Crippen molar-refractivity contribution >= 4 is 22.9 Å². The number of aromatic amines is 2. The van der Waals surface area contributed by atoms with Gasteiger partial charge < -0.3 is 24.7 Å². The van der Waals surface area contributed by atoms with E-state index in [2.05, 4.69) is 15.0 Å². The highest BCUT2D eigenvalue weighted by Crippen LogP contribution is 2.35. The van der Waals surface area contributed by atoms with E-state index < -0.39 is 23.9 Å². The molecule has 1 aliphatic rings. The van der Waals surface area contributed by atoms with Crippen LogP contribution in [0.25, 0.3) is 11.0 Å². The molecule has 0 radical (unpaired) electrons. The van der Waals surface area contributed by atoms with Crippen LogP contribution in [0.4, 0.5) is 5.95 Å². The molecule has 10 nitrogen and oxygen atoms in total. The Balaban J connectivity index is 1.64. The highest BCUT2D eigenvalue weighted by molar-refractivity contribution is 5.94. The number of anilines is 1. The molecule has 3 aromatic rings. The lowest BCUT2D eigenvalue weighted by Gasteiger charge is -2.25. The Labute approximate surface area is 183 Å². The fourth-order valence-electron chi connectivity index (χ4n) is 3.86. The number of hydrogen-bond acceptors (Lipinski definition) is 7. The number of benzene rings is 1. The number of fused-ring (bicyclic) bond motifs is 1. The number of nitrogens with one attached hydrogen (secondary N) is 2. The number of carbonyl (C=O) groups excluding carboxylic acids is 1. The van der Waals surface area contributed by atoms with Crippen LogP contribution in [-0.4, -0.2) is 62.5 Å². The molecule has 1 saturated heterocycles. The Bertz CT molecular complexity index is 1140. The van der Waals surface area contributed by atoms with E-state index in [-0.39, 0.29) is 43.0 Å². The van der Waals surface area contributed by atoms with Gasteiger partial charge in [0.25, 0.3) is 11.5 Å². The van der Waals surface area contributed by atoms with Crippen LogP contribution in [0.1, 0.15) is 31.9 Å². The van der Waals surface area contributed by atoms with Crippen LogP contribution in [-0.2, 0) is 9.53 Å². The van der Waals surface area contributed by atoms with Gasteiger partial charge in [-0.1, -0.05) is 18.2 Å². The van der Waals surface area contributed by atoms with Crippen molar-refractivity contribution in [1.29, 1.82) is 0 Å². The molecule has 0 saturated carbocycles.